The first-order valence-corrected chi connectivity index (χ1v) is 14.0. The molecule has 204 valence electrons. The standard InChI is InChI=1S/C30H38N2O5S/c1-19(2)25-17-26(22(5)16-29(25)37-8)23(6)31-30(33)18-32(27-15-21(4)11-14-28(27)36-7)38(34,35)24-12-9-20(3)10-13-24/h9-17,19,23H,18H2,1-8H3,(H,31,33). The fraction of sp³-hybridized carbons (Fsp3) is 0.367. The largest absolute Gasteiger partial charge is 0.496 e. The molecular weight excluding hydrogens is 500 g/mol. The third-order valence-electron chi connectivity index (χ3n) is 6.58. The van der Waals surface area contributed by atoms with Gasteiger partial charge in [-0.25, -0.2) is 8.42 Å². The van der Waals surface area contributed by atoms with E-state index in [-0.39, 0.29) is 16.9 Å². The molecule has 3 rings (SSSR count). The van der Waals surface area contributed by atoms with E-state index in [2.05, 4.69) is 19.2 Å². The molecule has 0 aliphatic heterocycles. The third kappa shape index (κ3) is 6.30. The molecule has 0 radical (unpaired) electrons. The minimum absolute atomic E-state index is 0.0973. The number of amides is 1. The molecule has 0 aliphatic rings. The lowest BCUT2D eigenvalue weighted by atomic mass is 9.93. The summed E-state index contributed by atoms with van der Waals surface area (Å²) in [6.45, 7) is 11.4. The second-order valence-electron chi connectivity index (χ2n) is 9.89. The van der Waals surface area contributed by atoms with Gasteiger partial charge in [0.05, 0.1) is 30.8 Å². The first kappa shape index (κ1) is 29.0. The van der Waals surface area contributed by atoms with Crippen molar-refractivity contribution in [2.75, 3.05) is 25.1 Å². The van der Waals surface area contributed by atoms with Gasteiger partial charge in [-0.2, -0.15) is 0 Å². The highest BCUT2D eigenvalue weighted by Crippen LogP contribution is 2.34. The molecule has 3 aromatic carbocycles. The molecule has 1 unspecified atom stereocenters. The van der Waals surface area contributed by atoms with Crippen molar-refractivity contribution in [1.29, 1.82) is 0 Å². The van der Waals surface area contributed by atoms with Gasteiger partial charge in [0, 0.05) is 0 Å². The third-order valence-corrected chi connectivity index (χ3v) is 8.36. The zero-order valence-corrected chi connectivity index (χ0v) is 24.3. The van der Waals surface area contributed by atoms with E-state index in [1.807, 2.05) is 45.9 Å². The average molecular weight is 539 g/mol. The minimum atomic E-state index is -4.07. The van der Waals surface area contributed by atoms with Gasteiger partial charge >= 0.3 is 0 Å². The number of ether oxygens (including phenoxy) is 2. The number of sulfonamides is 1. The second kappa shape index (κ2) is 11.9. The smallest absolute Gasteiger partial charge is 0.264 e. The summed E-state index contributed by atoms with van der Waals surface area (Å²) in [6.07, 6.45) is 0. The van der Waals surface area contributed by atoms with Gasteiger partial charge in [0.1, 0.15) is 18.0 Å². The summed E-state index contributed by atoms with van der Waals surface area (Å²) < 4.78 is 39.8. The van der Waals surface area contributed by atoms with Crippen molar-refractivity contribution in [3.8, 4) is 11.5 Å². The number of nitrogens with one attached hydrogen (secondary N) is 1. The summed E-state index contributed by atoms with van der Waals surface area (Å²) in [4.78, 5) is 13.5. The number of benzene rings is 3. The van der Waals surface area contributed by atoms with E-state index < -0.39 is 22.5 Å². The number of methoxy groups -OCH3 is 2. The van der Waals surface area contributed by atoms with Crippen molar-refractivity contribution < 1.29 is 22.7 Å². The number of rotatable bonds is 10. The number of carbonyl (C=O) groups excluding carboxylic acids is 1. The highest BCUT2D eigenvalue weighted by Gasteiger charge is 2.30. The molecule has 0 saturated heterocycles. The van der Waals surface area contributed by atoms with Crippen LogP contribution in [0.1, 0.15) is 60.5 Å². The van der Waals surface area contributed by atoms with E-state index in [1.165, 1.54) is 7.11 Å². The van der Waals surface area contributed by atoms with E-state index in [9.17, 15) is 13.2 Å². The number of nitrogens with zero attached hydrogens (tertiary/aromatic N) is 1. The van der Waals surface area contributed by atoms with Gasteiger partial charge < -0.3 is 14.8 Å². The Morgan fingerprint density at radius 2 is 1.45 bits per heavy atom. The topological polar surface area (TPSA) is 84.9 Å². The minimum Gasteiger partial charge on any atom is -0.496 e. The maximum absolute atomic E-state index is 13.8. The Morgan fingerprint density at radius 3 is 2.03 bits per heavy atom. The number of carbonyl (C=O) groups is 1. The van der Waals surface area contributed by atoms with E-state index in [0.717, 1.165) is 37.9 Å². The average Bonchev–Trinajstić information content (AvgIpc) is 2.86. The lowest BCUT2D eigenvalue weighted by Gasteiger charge is -2.27. The predicted molar refractivity (Wildman–Crippen MR) is 152 cm³/mol. The van der Waals surface area contributed by atoms with Crippen molar-refractivity contribution in [2.24, 2.45) is 0 Å². The Labute approximate surface area is 226 Å². The SMILES string of the molecule is COc1cc(C)c(C(C)NC(=O)CN(c2cc(C)ccc2OC)S(=O)(=O)c2ccc(C)cc2)cc1C(C)C. The molecule has 0 aromatic heterocycles. The number of aryl methyl sites for hydroxylation is 3. The molecule has 38 heavy (non-hydrogen) atoms. The Morgan fingerprint density at radius 1 is 0.842 bits per heavy atom. The number of hydrogen-bond acceptors (Lipinski definition) is 5. The number of hydrogen-bond donors (Lipinski definition) is 1. The van der Waals surface area contributed by atoms with E-state index in [1.54, 1.807) is 43.5 Å². The van der Waals surface area contributed by atoms with Crippen molar-refractivity contribution in [1.82, 2.24) is 5.32 Å². The molecule has 1 amide bonds. The fourth-order valence-electron chi connectivity index (χ4n) is 4.44. The second-order valence-corrected chi connectivity index (χ2v) is 11.8. The van der Waals surface area contributed by atoms with Crippen LogP contribution < -0.4 is 19.1 Å². The van der Waals surface area contributed by atoms with Gasteiger partial charge in [0.2, 0.25) is 5.91 Å². The summed E-state index contributed by atoms with van der Waals surface area (Å²) in [6, 6.07) is 15.5. The van der Waals surface area contributed by atoms with Gasteiger partial charge in [-0.05, 0) is 92.3 Å². The van der Waals surface area contributed by atoms with Crippen LogP contribution in [-0.4, -0.2) is 35.1 Å². The number of anilines is 1. The molecule has 0 aliphatic carbocycles. The Hall–Kier alpha value is -3.52. The zero-order chi connectivity index (χ0) is 28.2. The van der Waals surface area contributed by atoms with Crippen LogP contribution in [0.15, 0.2) is 59.5 Å². The molecular formula is C30H38N2O5S. The van der Waals surface area contributed by atoms with Crippen molar-refractivity contribution in [2.45, 2.75) is 58.4 Å². The fourth-order valence-corrected chi connectivity index (χ4v) is 5.86. The van der Waals surface area contributed by atoms with Crippen molar-refractivity contribution >= 4 is 21.6 Å². The van der Waals surface area contributed by atoms with Crippen LogP contribution in [0, 0.1) is 20.8 Å². The zero-order valence-electron chi connectivity index (χ0n) is 23.5. The van der Waals surface area contributed by atoms with Gasteiger partial charge in [0.25, 0.3) is 10.0 Å². The monoisotopic (exact) mass is 538 g/mol. The van der Waals surface area contributed by atoms with Crippen LogP contribution in [0.4, 0.5) is 5.69 Å². The summed E-state index contributed by atoms with van der Waals surface area (Å²) in [5.74, 6) is 0.968. The molecule has 1 atom stereocenters. The molecule has 3 aromatic rings. The Balaban J connectivity index is 1.99. The molecule has 8 heteroatoms. The lowest BCUT2D eigenvalue weighted by molar-refractivity contribution is -0.120. The summed E-state index contributed by atoms with van der Waals surface area (Å²) >= 11 is 0. The normalized spacial score (nSPS) is 12.2. The molecule has 0 fully saturated rings. The van der Waals surface area contributed by atoms with E-state index >= 15 is 0 Å². The quantitative estimate of drug-likeness (QED) is 0.351. The maximum atomic E-state index is 13.8. The summed E-state index contributed by atoms with van der Waals surface area (Å²) in [5.41, 5.74) is 5.05. The Kier molecular flexibility index (Phi) is 9.09. The van der Waals surface area contributed by atoms with Crippen LogP contribution in [0.25, 0.3) is 0 Å². The molecule has 7 nitrogen and oxygen atoms in total. The summed E-state index contributed by atoms with van der Waals surface area (Å²) in [7, 11) is -0.950. The Bertz CT molecular complexity index is 1400. The van der Waals surface area contributed by atoms with Crippen LogP contribution in [0.5, 0.6) is 11.5 Å². The van der Waals surface area contributed by atoms with Crippen molar-refractivity contribution in [3.05, 3.63) is 82.4 Å². The maximum Gasteiger partial charge on any atom is 0.264 e. The molecule has 0 spiro atoms. The molecule has 0 bridgehead atoms. The first-order valence-electron chi connectivity index (χ1n) is 12.6. The lowest BCUT2D eigenvalue weighted by Crippen LogP contribution is -2.42. The van der Waals surface area contributed by atoms with Crippen molar-refractivity contribution in [3.63, 3.8) is 0 Å². The van der Waals surface area contributed by atoms with Crippen LogP contribution in [-0.2, 0) is 14.8 Å². The molecule has 0 saturated carbocycles. The molecule has 1 N–H and O–H groups in total. The van der Waals surface area contributed by atoms with E-state index in [4.69, 9.17) is 9.47 Å². The van der Waals surface area contributed by atoms with Crippen LogP contribution in [0.2, 0.25) is 0 Å². The summed E-state index contributed by atoms with van der Waals surface area (Å²) in [5, 5.41) is 3.00. The van der Waals surface area contributed by atoms with Gasteiger partial charge in [0.15, 0.2) is 0 Å². The van der Waals surface area contributed by atoms with E-state index in [0.29, 0.717) is 11.4 Å². The van der Waals surface area contributed by atoms with Gasteiger partial charge in [-0.3, -0.25) is 9.10 Å². The predicted octanol–water partition coefficient (Wildman–Crippen LogP) is 5.83. The highest BCUT2D eigenvalue weighted by atomic mass is 32.2. The van der Waals surface area contributed by atoms with Gasteiger partial charge in [-0.1, -0.05) is 37.6 Å². The molecule has 0 heterocycles. The van der Waals surface area contributed by atoms with Crippen LogP contribution in [0.3, 0.4) is 0 Å². The van der Waals surface area contributed by atoms with Gasteiger partial charge in [-0.15, -0.1) is 0 Å². The van der Waals surface area contributed by atoms with Crippen LogP contribution >= 0.6 is 0 Å². The first-order chi connectivity index (χ1) is 17.9. The highest BCUT2D eigenvalue weighted by molar-refractivity contribution is 7.92.